The average molecular weight is 408 g/mol. The Kier molecular flexibility index (Phi) is 4.91. The Hall–Kier alpha value is -2.91. The summed E-state index contributed by atoms with van der Waals surface area (Å²) in [7, 11) is 0. The Morgan fingerprint density at radius 1 is 1.07 bits per heavy atom. The smallest absolute Gasteiger partial charge is 0.277 e. The fourth-order valence-corrected chi connectivity index (χ4v) is 4.40. The third-order valence-corrected chi connectivity index (χ3v) is 5.90. The van der Waals surface area contributed by atoms with E-state index >= 15 is 0 Å². The van der Waals surface area contributed by atoms with Crippen LogP contribution in [0.25, 0.3) is 16.8 Å². The quantitative estimate of drug-likeness (QED) is 0.500. The Morgan fingerprint density at radius 2 is 1.90 bits per heavy atom. The Bertz CT molecular complexity index is 1180. The van der Waals surface area contributed by atoms with Crippen LogP contribution in [0.15, 0.2) is 58.1 Å². The van der Waals surface area contributed by atoms with E-state index in [4.69, 9.17) is 4.52 Å². The molecule has 1 fully saturated rings. The van der Waals surface area contributed by atoms with Gasteiger partial charge in [0.25, 0.3) is 5.56 Å². The maximum absolute atomic E-state index is 12.9. The van der Waals surface area contributed by atoms with Gasteiger partial charge in [-0.1, -0.05) is 35.5 Å². The van der Waals surface area contributed by atoms with Gasteiger partial charge in [-0.3, -0.25) is 9.69 Å². The summed E-state index contributed by atoms with van der Waals surface area (Å²) in [5.41, 5.74) is 2.12. The third-order valence-electron chi connectivity index (χ3n) is 4.96. The van der Waals surface area contributed by atoms with Gasteiger partial charge in [-0.05, 0) is 6.07 Å². The molecule has 9 heteroatoms. The SMILES string of the molecule is O=c1c2cc(-c3ccccc3)nn2ccn1Cc1noc(CN2CCSCC2)n1. The number of aromatic nitrogens is 5. The number of thioether (sulfide) groups is 1. The molecule has 5 rings (SSSR count). The van der Waals surface area contributed by atoms with Crippen molar-refractivity contribution in [3.63, 3.8) is 0 Å². The molecule has 0 radical (unpaired) electrons. The summed E-state index contributed by atoms with van der Waals surface area (Å²) in [6, 6.07) is 11.6. The van der Waals surface area contributed by atoms with Gasteiger partial charge < -0.3 is 9.09 Å². The molecular weight excluding hydrogens is 388 g/mol. The second-order valence-electron chi connectivity index (χ2n) is 6.95. The summed E-state index contributed by atoms with van der Waals surface area (Å²) in [5.74, 6) is 3.36. The minimum Gasteiger partial charge on any atom is -0.338 e. The number of fused-ring (bicyclic) bond motifs is 1. The molecule has 0 bridgehead atoms. The highest BCUT2D eigenvalue weighted by Crippen LogP contribution is 2.18. The average Bonchev–Trinajstić information content (AvgIpc) is 3.39. The normalized spacial score (nSPS) is 15.2. The van der Waals surface area contributed by atoms with Gasteiger partial charge in [-0.25, -0.2) is 4.52 Å². The Morgan fingerprint density at radius 3 is 2.72 bits per heavy atom. The molecule has 4 aromatic rings. The zero-order valence-electron chi connectivity index (χ0n) is 15.8. The highest BCUT2D eigenvalue weighted by atomic mass is 32.2. The van der Waals surface area contributed by atoms with E-state index in [9.17, 15) is 4.79 Å². The van der Waals surface area contributed by atoms with Crippen molar-refractivity contribution in [3.05, 3.63) is 70.9 Å². The minimum atomic E-state index is -0.137. The van der Waals surface area contributed by atoms with Crippen molar-refractivity contribution in [2.75, 3.05) is 24.6 Å². The van der Waals surface area contributed by atoms with Crippen molar-refractivity contribution in [1.29, 1.82) is 0 Å². The highest BCUT2D eigenvalue weighted by molar-refractivity contribution is 7.99. The van der Waals surface area contributed by atoms with Crippen LogP contribution < -0.4 is 5.56 Å². The molecule has 0 atom stereocenters. The molecule has 29 heavy (non-hydrogen) atoms. The third kappa shape index (κ3) is 3.83. The van der Waals surface area contributed by atoms with Gasteiger partial charge in [-0.2, -0.15) is 21.8 Å². The molecule has 0 N–H and O–H groups in total. The molecule has 3 aromatic heterocycles. The summed E-state index contributed by atoms with van der Waals surface area (Å²) in [5, 5.41) is 8.56. The fourth-order valence-electron chi connectivity index (χ4n) is 3.42. The molecule has 0 spiro atoms. The highest BCUT2D eigenvalue weighted by Gasteiger charge is 2.16. The summed E-state index contributed by atoms with van der Waals surface area (Å²) in [6.45, 7) is 2.98. The second kappa shape index (κ2) is 7.84. The van der Waals surface area contributed by atoms with Crippen LogP contribution in [-0.2, 0) is 13.1 Å². The fraction of sp³-hybridized carbons (Fsp3) is 0.300. The van der Waals surface area contributed by atoms with Crippen molar-refractivity contribution in [3.8, 4) is 11.3 Å². The number of benzene rings is 1. The van der Waals surface area contributed by atoms with Gasteiger partial charge in [-0.15, -0.1) is 0 Å². The first-order valence-electron chi connectivity index (χ1n) is 9.52. The lowest BCUT2D eigenvalue weighted by molar-refractivity contribution is 0.245. The Labute approximate surface area is 171 Å². The molecule has 1 saturated heterocycles. The maximum atomic E-state index is 12.9. The lowest BCUT2D eigenvalue weighted by Crippen LogP contribution is -2.32. The van der Waals surface area contributed by atoms with E-state index in [0.717, 1.165) is 35.9 Å². The van der Waals surface area contributed by atoms with Crippen molar-refractivity contribution in [1.82, 2.24) is 29.2 Å². The minimum absolute atomic E-state index is 0.137. The van der Waals surface area contributed by atoms with E-state index in [1.807, 2.05) is 48.2 Å². The van der Waals surface area contributed by atoms with Gasteiger partial charge in [0.15, 0.2) is 5.82 Å². The van der Waals surface area contributed by atoms with Crippen LogP contribution in [0.5, 0.6) is 0 Å². The molecule has 148 valence electrons. The summed E-state index contributed by atoms with van der Waals surface area (Å²) in [6.07, 6.45) is 3.48. The lowest BCUT2D eigenvalue weighted by atomic mass is 10.1. The van der Waals surface area contributed by atoms with Gasteiger partial charge in [0.05, 0.1) is 18.8 Å². The van der Waals surface area contributed by atoms with Gasteiger partial charge in [0.2, 0.25) is 5.89 Å². The standard InChI is InChI=1S/C20H20N6O2S/c27-20-17-12-16(15-4-2-1-3-5-15)22-26(17)7-6-25(20)13-18-21-19(28-23-18)14-24-8-10-29-11-9-24/h1-7,12H,8-11,13-14H2. The lowest BCUT2D eigenvalue weighted by Gasteiger charge is -2.24. The monoisotopic (exact) mass is 408 g/mol. The van der Waals surface area contributed by atoms with Crippen LogP contribution in [0.3, 0.4) is 0 Å². The topological polar surface area (TPSA) is 81.5 Å². The molecule has 0 saturated carbocycles. The van der Waals surface area contributed by atoms with E-state index in [2.05, 4.69) is 20.1 Å². The number of hydrogen-bond acceptors (Lipinski definition) is 7. The van der Waals surface area contributed by atoms with Crippen molar-refractivity contribution in [2.24, 2.45) is 0 Å². The van der Waals surface area contributed by atoms with Crippen molar-refractivity contribution >= 4 is 17.3 Å². The first-order chi connectivity index (χ1) is 14.3. The first-order valence-corrected chi connectivity index (χ1v) is 10.7. The van der Waals surface area contributed by atoms with Gasteiger partial charge in [0.1, 0.15) is 5.52 Å². The van der Waals surface area contributed by atoms with E-state index in [1.165, 1.54) is 0 Å². The van der Waals surface area contributed by atoms with E-state index < -0.39 is 0 Å². The molecule has 4 heterocycles. The first kappa shape index (κ1) is 18.1. The predicted octanol–water partition coefficient (Wildman–Crippen LogP) is 2.14. The summed E-state index contributed by atoms with van der Waals surface area (Å²) < 4.78 is 8.58. The number of hydrogen-bond donors (Lipinski definition) is 0. The summed E-state index contributed by atoms with van der Waals surface area (Å²) in [4.78, 5) is 19.7. The van der Waals surface area contributed by atoms with E-state index in [-0.39, 0.29) is 12.1 Å². The van der Waals surface area contributed by atoms with Crippen LogP contribution in [0.1, 0.15) is 11.7 Å². The van der Waals surface area contributed by atoms with Crippen molar-refractivity contribution < 1.29 is 4.52 Å². The predicted molar refractivity (Wildman–Crippen MR) is 111 cm³/mol. The molecule has 1 aliphatic heterocycles. The van der Waals surface area contributed by atoms with Crippen LogP contribution >= 0.6 is 11.8 Å². The largest absolute Gasteiger partial charge is 0.338 e. The van der Waals surface area contributed by atoms with E-state index in [1.54, 1.807) is 21.5 Å². The zero-order valence-corrected chi connectivity index (χ0v) is 16.6. The molecule has 8 nitrogen and oxygen atoms in total. The van der Waals surface area contributed by atoms with Crippen LogP contribution in [-0.4, -0.2) is 53.8 Å². The molecule has 0 aliphatic carbocycles. The van der Waals surface area contributed by atoms with Gasteiger partial charge >= 0.3 is 0 Å². The molecule has 1 aromatic carbocycles. The maximum Gasteiger partial charge on any atom is 0.277 e. The second-order valence-corrected chi connectivity index (χ2v) is 8.17. The van der Waals surface area contributed by atoms with E-state index in [0.29, 0.717) is 23.8 Å². The molecular formula is C20H20N6O2S. The van der Waals surface area contributed by atoms with Crippen LogP contribution in [0.2, 0.25) is 0 Å². The van der Waals surface area contributed by atoms with Crippen molar-refractivity contribution in [2.45, 2.75) is 13.1 Å². The van der Waals surface area contributed by atoms with Crippen LogP contribution in [0.4, 0.5) is 0 Å². The van der Waals surface area contributed by atoms with Crippen LogP contribution in [0, 0.1) is 0 Å². The van der Waals surface area contributed by atoms with Gasteiger partial charge in [0, 0.05) is 42.6 Å². The molecule has 0 amide bonds. The number of rotatable bonds is 5. The zero-order chi connectivity index (χ0) is 19.6. The number of nitrogens with zero attached hydrogens (tertiary/aromatic N) is 6. The molecule has 1 aliphatic rings. The molecule has 0 unspecified atom stereocenters. The summed E-state index contributed by atoms with van der Waals surface area (Å²) >= 11 is 1.97. The Balaban J connectivity index is 1.37.